The van der Waals surface area contributed by atoms with E-state index in [1.54, 1.807) is 0 Å². The number of aliphatic hydroxyl groups is 1. The third-order valence-electron chi connectivity index (χ3n) is 5.92. The molecule has 3 nitrogen and oxygen atoms in total. The Balaban J connectivity index is 1.64. The maximum atomic E-state index is 11.1. The van der Waals surface area contributed by atoms with E-state index in [0.29, 0.717) is 12.0 Å². The van der Waals surface area contributed by atoms with Crippen molar-refractivity contribution >= 4 is 11.8 Å². The van der Waals surface area contributed by atoms with E-state index in [4.69, 9.17) is 4.74 Å². The van der Waals surface area contributed by atoms with E-state index in [1.165, 1.54) is 24.3 Å². The van der Waals surface area contributed by atoms with Gasteiger partial charge in [-0.15, -0.1) is 0 Å². The lowest BCUT2D eigenvalue weighted by Gasteiger charge is -2.50. The number of rotatable bonds is 2. The first-order valence-corrected chi connectivity index (χ1v) is 9.43. The summed E-state index contributed by atoms with van der Waals surface area (Å²) in [6.45, 7) is 0.854. The van der Waals surface area contributed by atoms with Gasteiger partial charge in [0, 0.05) is 12.6 Å². The number of hydrogen-bond acceptors (Lipinski definition) is 4. The zero-order valence-corrected chi connectivity index (χ0v) is 13.5. The number of nitrogens with one attached hydrogen (secondary N) is 1. The van der Waals surface area contributed by atoms with E-state index in [-0.39, 0.29) is 5.60 Å². The Labute approximate surface area is 127 Å². The summed E-state index contributed by atoms with van der Waals surface area (Å²) in [5.74, 6) is 2.91. The lowest BCUT2D eigenvalue weighted by molar-refractivity contribution is -0.155. The van der Waals surface area contributed by atoms with Crippen molar-refractivity contribution in [2.75, 3.05) is 25.2 Å². The molecule has 0 radical (unpaired) electrons. The van der Waals surface area contributed by atoms with Crippen LogP contribution < -0.4 is 5.32 Å². The largest absolute Gasteiger partial charge is 0.390 e. The maximum absolute atomic E-state index is 11.1. The molecule has 1 unspecified atom stereocenters. The van der Waals surface area contributed by atoms with Gasteiger partial charge in [-0.2, -0.15) is 11.8 Å². The minimum absolute atomic E-state index is 0.101. The van der Waals surface area contributed by atoms with Crippen molar-refractivity contribution in [3.05, 3.63) is 0 Å². The second-order valence-corrected chi connectivity index (χ2v) is 8.22. The van der Waals surface area contributed by atoms with E-state index in [2.05, 4.69) is 17.1 Å². The van der Waals surface area contributed by atoms with E-state index in [1.807, 2.05) is 7.05 Å². The van der Waals surface area contributed by atoms with Gasteiger partial charge in [-0.05, 0) is 75.8 Å². The fourth-order valence-electron chi connectivity index (χ4n) is 4.39. The topological polar surface area (TPSA) is 41.5 Å². The van der Waals surface area contributed by atoms with E-state index >= 15 is 0 Å². The van der Waals surface area contributed by atoms with E-state index in [0.717, 1.165) is 45.1 Å². The summed E-state index contributed by atoms with van der Waals surface area (Å²) in [6, 6.07) is 0.607. The smallest absolute Gasteiger partial charge is 0.0702 e. The summed E-state index contributed by atoms with van der Waals surface area (Å²) in [4.78, 5) is 0. The summed E-state index contributed by atoms with van der Waals surface area (Å²) in [6.07, 6.45) is 8.68. The van der Waals surface area contributed by atoms with Gasteiger partial charge in [-0.3, -0.25) is 0 Å². The number of thioether (sulfide) groups is 1. The molecule has 0 aromatic carbocycles. The minimum atomic E-state index is -0.422. The summed E-state index contributed by atoms with van der Waals surface area (Å²) in [5.41, 5.74) is -0.321. The second kappa shape index (κ2) is 6.15. The van der Waals surface area contributed by atoms with Gasteiger partial charge in [0.2, 0.25) is 0 Å². The highest BCUT2D eigenvalue weighted by Gasteiger charge is 2.47. The van der Waals surface area contributed by atoms with Crippen LogP contribution in [0.3, 0.4) is 0 Å². The first-order valence-electron chi connectivity index (χ1n) is 8.27. The van der Waals surface area contributed by atoms with Crippen LogP contribution in [0, 0.1) is 5.92 Å². The van der Waals surface area contributed by atoms with Crippen LogP contribution in [-0.4, -0.2) is 47.5 Å². The van der Waals surface area contributed by atoms with E-state index in [9.17, 15) is 5.11 Å². The lowest BCUT2D eigenvalue weighted by Crippen LogP contribution is -2.52. The van der Waals surface area contributed by atoms with Crippen LogP contribution >= 0.6 is 11.8 Å². The van der Waals surface area contributed by atoms with Gasteiger partial charge in [0.25, 0.3) is 0 Å². The first kappa shape index (κ1) is 15.1. The monoisotopic (exact) mass is 299 g/mol. The van der Waals surface area contributed by atoms with Crippen molar-refractivity contribution in [2.45, 2.75) is 68.6 Å². The Kier molecular flexibility index (Phi) is 4.66. The van der Waals surface area contributed by atoms with Gasteiger partial charge in [-0.25, -0.2) is 0 Å². The Hall–Kier alpha value is 0.230. The number of hydrogen-bond donors (Lipinski definition) is 2. The molecule has 1 aliphatic carbocycles. The van der Waals surface area contributed by atoms with Crippen molar-refractivity contribution < 1.29 is 9.84 Å². The molecule has 0 aromatic heterocycles. The van der Waals surface area contributed by atoms with Gasteiger partial charge in [-0.1, -0.05) is 0 Å². The van der Waals surface area contributed by atoms with Gasteiger partial charge in [0.15, 0.2) is 0 Å². The van der Waals surface area contributed by atoms with Crippen LogP contribution in [-0.2, 0) is 4.74 Å². The van der Waals surface area contributed by atoms with Gasteiger partial charge in [0.05, 0.1) is 11.2 Å². The van der Waals surface area contributed by atoms with Gasteiger partial charge >= 0.3 is 0 Å². The van der Waals surface area contributed by atoms with Crippen LogP contribution in [0.4, 0.5) is 0 Å². The number of ether oxygens (including phenoxy) is 1. The molecule has 1 saturated carbocycles. The predicted octanol–water partition coefficient (Wildman–Crippen LogP) is 2.57. The van der Waals surface area contributed by atoms with Crippen molar-refractivity contribution in [1.82, 2.24) is 5.32 Å². The molecule has 4 heteroatoms. The van der Waals surface area contributed by atoms with Crippen LogP contribution in [0.1, 0.15) is 51.4 Å². The molecule has 0 amide bonds. The SMILES string of the molecule is CNC1CCC(O)(C2CCOC3(CCSCC3)C2)CC1. The van der Waals surface area contributed by atoms with E-state index < -0.39 is 5.60 Å². The average Bonchev–Trinajstić information content (AvgIpc) is 2.49. The maximum Gasteiger partial charge on any atom is 0.0702 e. The third-order valence-corrected chi connectivity index (χ3v) is 6.90. The Bertz CT molecular complexity index is 317. The van der Waals surface area contributed by atoms with Crippen molar-refractivity contribution in [2.24, 2.45) is 5.92 Å². The molecule has 3 rings (SSSR count). The minimum Gasteiger partial charge on any atom is -0.390 e. The molecule has 0 aromatic rings. The fourth-order valence-corrected chi connectivity index (χ4v) is 5.63. The normalized spacial score (nSPS) is 41.7. The summed E-state index contributed by atoms with van der Waals surface area (Å²) >= 11 is 2.05. The zero-order valence-electron chi connectivity index (χ0n) is 12.7. The molecule has 2 saturated heterocycles. The predicted molar refractivity (Wildman–Crippen MR) is 84.2 cm³/mol. The van der Waals surface area contributed by atoms with Crippen molar-refractivity contribution in [3.8, 4) is 0 Å². The third kappa shape index (κ3) is 3.03. The summed E-state index contributed by atoms with van der Waals surface area (Å²) in [7, 11) is 2.04. The fraction of sp³-hybridized carbons (Fsp3) is 1.00. The molecule has 2 N–H and O–H groups in total. The molecule has 3 aliphatic rings. The van der Waals surface area contributed by atoms with Gasteiger partial charge in [0.1, 0.15) is 0 Å². The van der Waals surface area contributed by atoms with Crippen LogP contribution in [0.2, 0.25) is 0 Å². The average molecular weight is 299 g/mol. The molecule has 1 spiro atoms. The quantitative estimate of drug-likeness (QED) is 0.822. The van der Waals surface area contributed by atoms with Crippen LogP contribution in [0.15, 0.2) is 0 Å². The summed E-state index contributed by atoms with van der Waals surface area (Å²) in [5, 5.41) is 14.5. The molecule has 2 aliphatic heterocycles. The van der Waals surface area contributed by atoms with Crippen molar-refractivity contribution in [3.63, 3.8) is 0 Å². The molecular weight excluding hydrogens is 270 g/mol. The van der Waals surface area contributed by atoms with Crippen LogP contribution in [0.5, 0.6) is 0 Å². The van der Waals surface area contributed by atoms with Gasteiger partial charge < -0.3 is 15.2 Å². The highest BCUT2D eigenvalue weighted by atomic mass is 32.2. The summed E-state index contributed by atoms with van der Waals surface area (Å²) < 4.78 is 6.18. The Morgan fingerprint density at radius 1 is 1.10 bits per heavy atom. The molecular formula is C16H29NO2S. The molecule has 2 heterocycles. The van der Waals surface area contributed by atoms with Crippen LogP contribution in [0.25, 0.3) is 0 Å². The highest BCUT2D eigenvalue weighted by Crippen LogP contribution is 2.46. The molecule has 3 fully saturated rings. The van der Waals surface area contributed by atoms with Crippen molar-refractivity contribution in [1.29, 1.82) is 0 Å². The molecule has 20 heavy (non-hydrogen) atoms. The zero-order chi connectivity index (χ0) is 14.1. The molecule has 1 atom stereocenters. The second-order valence-electron chi connectivity index (χ2n) is 7.00. The standard InChI is InChI=1S/C16H29NO2S/c1-17-14-2-5-16(18,6-3-14)13-4-9-19-15(12-13)7-10-20-11-8-15/h13-14,17-18H,2-12H2,1H3. The molecule has 116 valence electrons. The molecule has 0 bridgehead atoms. The Morgan fingerprint density at radius 2 is 1.80 bits per heavy atom. The lowest BCUT2D eigenvalue weighted by atomic mass is 9.67. The highest BCUT2D eigenvalue weighted by molar-refractivity contribution is 7.99. The first-order chi connectivity index (χ1) is 9.66. The Morgan fingerprint density at radius 3 is 2.45 bits per heavy atom.